The molecule has 0 saturated carbocycles. The quantitative estimate of drug-likeness (QED) is 0.792. The Morgan fingerprint density at radius 3 is 2.47 bits per heavy atom. The molecule has 19 heavy (non-hydrogen) atoms. The van der Waals surface area contributed by atoms with Crippen LogP contribution in [0.5, 0.6) is 5.75 Å². The van der Waals surface area contributed by atoms with Crippen LogP contribution in [-0.4, -0.2) is 7.11 Å². The number of hydrogen-bond donors (Lipinski definition) is 1. The first-order valence-electron chi connectivity index (χ1n) is 6.38. The van der Waals surface area contributed by atoms with Crippen molar-refractivity contribution in [1.82, 2.24) is 5.32 Å². The zero-order valence-corrected chi connectivity index (χ0v) is 11.2. The summed E-state index contributed by atoms with van der Waals surface area (Å²) in [5, 5.41) is 3.48. The van der Waals surface area contributed by atoms with E-state index in [1.807, 2.05) is 42.5 Å². The molecule has 2 aromatic carbocycles. The van der Waals surface area contributed by atoms with E-state index >= 15 is 0 Å². The third-order valence-electron chi connectivity index (χ3n) is 3.08. The fourth-order valence-corrected chi connectivity index (χ4v) is 2.07. The standard InChI is InChI=1S/C17H19NO/c1-3-16(15-11-7-8-12-17(15)19-2)18-13-14-9-5-4-6-10-14/h3-12,16,18H,1,13H2,2H3/t16-/m0/s1. The van der Waals surface area contributed by atoms with Gasteiger partial charge in [-0.15, -0.1) is 6.58 Å². The number of hydrogen-bond acceptors (Lipinski definition) is 2. The Kier molecular flexibility index (Phi) is 4.76. The van der Waals surface area contributed by atoms with E-state index in [0.717, 1.165) is 17.9 Å². The maximum Gasteiger partial charge on any atom is 0.123 e. The highest BCUT2D eigenvalue weighted by atomic mass is 16.5. The van der Waals surface area contributed by atoms with Crippen LogP contribution in [-0.2, 0) is 6.54 Å². The van der Waals surface area contributed by atoms with E-state index in [-0.39, 0.29) is 6.04 Å². The second kappa shape index (κ2) is 6.76. The molecule has 0 amide bonds. The van der Waals surface area contributed by atoms with Crippen molar-refractivity contribution in [2.45, 2.75) is 12.6 Å². The molecule has 0 aromatic heterocycles. The topological polar surface area (TPSA) is 21.3 Å². The SMILES string of the molecule is C=C[C@H](NCc1ccccc1)c1ccccc1OC. The molecule has 2 nitrogen and oxygen atoms in total. The molecule has 0 aliphatic heterocycles. The van der Waals surface area contributed by atoms with Crippen LogP contribution < -0.4 is 10.1 Å². The van der Waals surface area contributed by atoms with E-state index in [2.05, 4.69) is 30.1 Å². The van der Waals surface area contributed by atoms with Gasteiger partial charge in [0.2, 0.25) is 0 Å². The van der Waals surface area contributed by atoms with Gasteiger partial charge < -0.3 is 10.1 Å². The van der Waals surface area contributed by atoms with Crippen LogP contribution in [0.25, 0.3) is 0 Å². The number of ether oxygens (including phenoxy) is 1. The van der Waals surface area contributed by atoms with Gasteiger partial charge in [0.15, 0.2) is 0 Å². The van der Waals surface area contributed by atoms with Crippen LogP contribution in [0.4, 0.5) is 0 Å². The van der Waals surface area contributed by atoms with Crippen LogP contribution in [0.3, 0.4) is 0 Å². The molecular formula is C17H19NO. The third-order valence-corrected chi connectivity index (χ3v) is 3.08. The number of methoxy groups -OCH3 is 1. The van der Waals surface area contributed by atoms with Crippen LogP contribution >= 0.6 is 0 Å². The summed E-state index contributed by atoms with van der Waals surface area (Å²) in [4.78, 5) is 0. The van der Waals surface area contributed by atoms with Gasteiger partial charge in [-0.3, -0.25) is 0 Å². The number of nitrogens with one attached hydrogen (secondary N) is 1. The van der Waals surface area contributed by atoms with Crippen molar-refractivity contribution >= 4 is 0 Å². The number of benzene rings is 2. The number of rotatable bonds is 6. The Hall–Kier alpha value is -2.06. The highest BCUT2D eigenvalue weighted by Gasteiger charge is 2.11. The summed E-state index contributed by atoms with van der Waals surface area (Å²) >= 11 is 0. The maximum absolute atomic E-state index is 5.39. The van der Waals surface area contributed by atoms with Crippen molar-refractivity contribution in [1.29, 1.82) is 0 Å². The van der Waals surface area contributed by atoms with Gasteiger partial charge in [0.25, 0.3) is 0 Å². The zero-order valence-electron chi connectivity index (χ0n) is 11.2. The molecule has 2 heteroatoms. The third kappa shape index (κ3) is 3.46. The van der Waals surface area contributed by atoms with E-state index in [0.29, 0.717) is 0 Å². The predicted molar refractivity (Wildman–Crippen MR) is 79.2 cm³/mol. The van der Waals surface area contributed by atoms with E-state index in [9.17, 15) is 0 Å². The van der Waals surface area contributed by atoms with Crippen LogP contribution in [0.2, 0.25) is 0 Å². The van der Waals surface area contributed by atoms with Gasteiger partial charge in [-0.2, -0.15) is 0 Å². The van der Waals surface area contributed by atoms with Crippen molar-refractivity contribution in [2.75, 3.05) is 7.11 Å². The van der Waals surface area contributed by atoms with Gasteiger partial charge in [-0.05, 0) is 11.6 Å². The molecular weight excluding hydrogens is 234 g/mol. The fraction of sp³-hybridized carbons (Fsp3) is 0.176. The van der Waals surface area contributed by atoms with Gasteiger partial charge >= 0.3 is 0 Å². The van der Waals surface area contributed by atoms with Crippen molar-refractivity contribution in [3.8, 4) is 5.75 Å². The Morgan fingerprint density at radius 2 is 1.79 bits per heavy atom. The van der Waals surface area contributed by atoms with Crippen LogP contribution in [0.15, 0.2) is 67.3 Å². The van der Waals surface area contributed by atoms with Crippen molar-refractivity contribution in [3.05, 3.63) is 78.4 Å². The van der Waals surface area contributed by atoms with Crippen molar-refractivity contribution in [3.63, 3.8) is 0 Å². The first-order chi connectivity index (χ1) is 9.35. The molecule has 0 bridgehead atoms. The minimum atomic E-state index is 0.0800. The molecule has 0 spiro atoms. The molecule has 98 valence electrons. The molecule has 0 unspecified atom stereocenters. The summed E-state index contributed by atoms with van der Waals surface area (Å²) < 4.78 is 5.39. The summed E-state index contributed by atoms with van der Waals surface area (Å²) in [5.41, 5.74) is 2.36. The molecule has 0 heterocycles. The van der Waals surface area contributed by atoms with Gasteiger partial charge in [0.1, 0.15) is 5.75 Å². The molecule has 0 aliphatic carbocycles. The summed E-state index contributed by atoms with van der Waals surface area (Å²) in [7, 11) is 1.69. The molecule has 2 aromatic rings. The van der Waals surface area contributed by atoms with E-state index in [1.54, 1.807) is 7.11 Å². The lowest BCUT2D eigenvalue weighted by molar-refractivity contribution is 0.404. The Labute approximate surface area is 114 Å². The largest absolute Gasteiger partial charge is 0.496 e. The monoisotopic (exact) mass is 253 g/mol. The molecule has 0 saturated heterocycles. The minimum absolute atomic E-state index is 0.0800. The predicted octanol–water partition coefficient (Wildman–Crippen LogP) is 3.71. The molecule has 1 atom stereocenters. The second-order valence-electron chi connectivity index (χ2n) is 4.32. The molecule has 0 fully saturated rings. The highest BCUT2D eigenvalue weighted by molar-refractivity contribution is 5.37. The van der Waals surface area contributed by atoms with Gasteiger partial charge in [0, 0.05) is 12.1 Å². The smallest absolute Gasteiger partial charge is 0.123 e. The first kappa shape index (κ1) is 13.4. The van der Waals surface area contributed by atoms with Gasteiger partial charge in [-0.1, -0.05) is 54.6 Å². The molecule has 2 rings (SSSR count). The van der Waals surface area contributed by atoms with Crippen molar-refractivity contribution < 1.29 is 4.74 Å². The number of para-hydroxylation sites is 1. The Morgan fingerprint density at radius 1 is 1.11 bits per heavy atom. The lowest BCUT2D eigenvalue weighted by Gasteiger charge is -2.18. The molecule has 0 aliphatic rings. The van der Waals surface area contributed by atoms with Gasteiger partial charge in [0.05, 0.1) is 13.2 Å². The maximum atomic E-state index is 5.39. The lowest BCUT2D eigenvalue weighted by atomic mass is 10.1. The second-order valence-corrected chi connectivity index (χ2v) is 4.32. The van der Waals surface area contributed by atoms with E-state index < -0.39 is 0 Å². The van der Waals surface area contributed by atoms with Crippen molar-refractivity contribution in [2.24, 2.45) is 0 Å². The van der Waals surface area contributed by atoms with Crippen LogP contribution in [0, 0.1) is 0 Å². The summed E-state index contributed by atoms with van der Waals surface area (Å²) in [6.45, 7) is 4.71. The average Bonchev–Trinajstić information content (AvgIpc) is 2.49. The fourth-order valence-electron chi connectivity index (χ4n) is 2.07. The summed E-state index contributed by atoms with van der Waals surface area (Å²) in [6.07, 6.45) is 1.90. The molecule has 0 radical (unpaired) electrons. The van der Waals surface area contributed by atoms with Gasteiger partial charge in [-0.25, -0.2) is 0 Å². The lowest BCUT2D eigenvalue weighted by Crippen LogP contribution is -2.19. The van der Waals surface area contributed by atoms with E-state index in [4.69, 9.17) is 4.74 Å². The summed E-state index contributed by atoms with van der Waals surface area (Å²) in [5.74, 6) is 0.882. The Bertz CT molecular complexity index is 522. The van der Waals surface area contributed by atoms with E-state index in [1.165, 1.54) is 5.56 Å². The van der Waals surface area contributed by atoms with Crippen LogP contribution in [0.1, 0.15) is 17.2 Å². The normalized spacial score (nSPS) is 11.8. The zero-order chi connectivity index (χ0) is 13.5. The minimum Gasteiger partial charge on any atom is -0.496 e. The Balaban J connectivity index is 2.10. The molecule has 1 N–H and O–H groups in total. The average molecular weight is 253 g/mol. The summed E-state index contributed by atoms with van der Waals surface area (Å²) in [6, 6.07) is 18.4. The first-order valence-corrected chi connectivity index (χ1v) is 6.38. The highest BCUT2D eigenvalue weighted by Crippen LogP contribution is 2.25.